The molecule has 3 rings (SSSR count). The van der Waals surface area contributed by atoms with Crippen LogP contribution in [0.15, 0.2) is 42.0 Å². The zero-order valence-electron chi connectivity index (χ0n) is 17.9. The first-order chi connectivity index (χ1) is 15.1. The van der Waals surface area contributed by atoms with Gasteiger partial charge < -0.3 is 19.6 Å². The van der Waals surface area contributed by atoms with Crippen molar-refractivity contribution in [2.45, 2.75) is 13.0 Å². The normalized spacial score (nSPS) is 18.0. The molecule has 1 saturated heterocycles. The summed E-state index contributed by atoms with van der Waals surface area (Å²) >= 11 is 18.5. The molecule has 1 fully saturated rings. The molecule has 1 aliphatic heterocycles. The lowest BCUT2D eigenvalue weighted by atomic mass is 9.95. The van der Waals surface area contributed by atoms with Gasteiger partial charge in [-0.15, -0.1) is 0 Å². The Hall–Kier alpha value is -2.25. The fraction of sp³-hybridized carbons (Fsp3) is 0.304. The highest BCUT2D eigenvalue weighted by molar-refractivity contribution is 6.47. The Morgan fingerprint density at radius 1 is 1.06 bits per heavy atom. The molecule has 0 radical (unpaired) electrons. The number of Topliss-reactive ketones (excluding diaryl/α,β-unsaturated/α-hetero) is 1. The van der Waals surface area contributed by atoms with E-state index in [0.29, 0.717) is 35.1 Å². The number of carbonyl (C=O) groups is 2. The van der Waals surface area contributed by atoms with Crippen molar-refractivity contribution in [2.75, 3.05) is 33.8 Å². The van der Waals surface area contributed by atoms with E-state index < -0.39 is 17.7 Å². The van der Waals surface area contributed by atoms with Gasteiger partial charge in [-0.25, -0.2) is 0 Å². The van der Waals surface area contributed by atoms with E-state index in [4.69, 9.17) is 39.5 Å². The number of nitrogens with zero attached hydrogens (tertiary/aromatic N) is 2. The molecule has 2 aromatic carbocycles. The van der Waals surface area contributed by atoms with Gasteiger partial charge in [0.25, 0.3) is 11.7 Å². The van der Waals surface area contributed by atoms with Gasteiger partial charge in [0.2, 0.25) is 0 Å². The van der Waals surface area contributed by atoms with Crippen molar-refractivity contribution in [3.63, 3.8) is 0 Å². The summed E-state index contributed by atoms with van der Waals surface area (Å²) in [6.07, 6.45) is 0. The number of ether oxygens (including phenoxy) is 1. The lowest BCUT2D eigenvalue weighted by Crippen LogP contribution is -2.35. The lowest BCUT2D eigenvalue weighted by molar-refractivity contribution is -0.140. The highest BCUT2D eigenvalue weighted by Gasteiger charge is 2.46. The minimum atomic E-state index is -0.824. The molecular formula is C23H23Cl3N2O4. The molecule has 0 bridgehead atoms. The summed E-state index contributed by atoms with van der Waals surface area (Å²) in [5.41, 5.74) is 0.831. The van der Waals surface area contributed by atoms with E-state index in [2.05, 4.69) is 0 Å². The number of likely N-dealkylation sites (N-methyl/N-ethyl adjacent to an activating group) is 1. The van der Waals surface area contributed by atoms with Crippen molar-refractivity contribution in [2.24, 2.45) is 0 Å². The Labute approximate surface area is 201 Å². The maximum Gasteiger partial charge on any atom is 0.295 e. The molecule has 2 aromatic rings. The average Bonchev–Trinajstić information content (AvgIpc) is 3.00. The summed E-state index contributed by atoms with van der Waals surface area (Å²) in [6.45, 7) is 3.07. The van der Waals surface area contributed by atoms with Gasteiger partial charge >= 0.3 is 0 Å². The van der Waals surface area contributed by atoms with Crippen LogP contribution >= 0.6 is 34.8 Å². The van der Waals surface area contributed by atoms with E-state index in [1.807, 2.05) is 25.9 Å². The number of benzene rings is 2. The molecule has 9 heteroatoms. The molecule has 0 aromatic heterocycles. The molecule has 1 amide bonds. The number of aliphatic hydroxyl groups is 1. The second kappa shape index (κ2) is 10.1. The standard InChI is InChI=1S/C23H23Cl3N2O4/c1-4-32-18-8-6-14(12-17(18)26)21(29)19-20(13-5-7-15(24)16(25)11-13)28(10-9-27(2)3)23(31)22(19)30/h5-8,11-12,20,29H,4,9-10H2,1-3H3/b21-19-. The van der Waals surface area contributed by atoms with Gasteiger partial charge in [-0.3, -0.25) is 9.59 Å². The first-order valence-electron chi connectivity index (χ1n) is 9.96. The van der Waals surface area contributed by atoms with Crippen molar-refractivity contribution in [3.05, 3.63) is 68.2 Å². The van der Waals surface area contributed by atoms with Gasteiger partial charge in [-0.2, -0.15) is 0 Å². The predicted octanol–water partition coefficient (Wildman–Crippen LogP) is 5.03. The van der Waals surface area contributed by atoms with Crippen LogP contribution in [-0.4, -0.2) is 60.4 Å². The van der Waals surface area contributed by atoms with E-state index in [-0.39, 0.29) is 27.9 Å². The number of aliphatic hydroxyl groups excluding tert-OH is 1. The Balaban J connectivity index is 2.15. The van der Waals surface area contributed by atoms with E-state index in [1.165, 1.54) is 11.0 Å². The molecule has 1 N–H and O–H groups in total. The molecule has 0 spiro atoms. The van der Waals surface area contributed by atoms with E-state index in [0.717, 1.165) is 0 Å². The molecule has 6 nitrogen and oxygen atoms in total. The van der Waals surface area contributed by atoms with Crippen LogP contribution in [0.4, 0.5) is 0 Å². The fourth-order valence-electron chi connectivity index (χ4n) is 3.52. The molecule has 1 atom stereocenters. The van der Waals surface area contributed by atoms with Crippen molar-refractivity contribution in [3.8, 4) is 5.75 Å². The molecular weight excluding hydrogens is 475 g/mol. The summed E-state index contributed by atoms with van der Waals surface area (Å²) in [4.78, 5) is 29.3. The van der Waals surface area contributed by atoms with Gasteiger partial charge in [0.15, 0.2) is 0 Å². The van der Waals surface area contributed by atoms with Crippen LogP contribution in [0.25, 0.3) is 5.76 Å². The number of hydrogen-bond acceptors (Lipinski definition) is 5. The van der Waals surface area contributed by atoms with Gasteiger partial charge in [0.1, 0.15) is 11.5 Å². The quantitative estimate of drug-likeness (QED) is 0.330. The minimum absolute atomic E-state index is 0.0348. The highest BCUT2D eigenvalue weighted by Crippen LogP contribution is 2.41. The predicted molar refractivity (Wildman–Crippen MR) is 127 cm³/mol. The van der Waals surface area contributed by atoms with Crippen LogP contribution in [0.3, 0.4) is 0 Å². The summed E-state index contributed by atoms with van der Waals surface area (Å²) in [5.74, 6) is -1.33. The Morgan fingerprint density at radius 3 is 2.38 bits per heavy atom. The minimum Gasteiger partial charge on any atom is -0.507 e. The number of likely N-dealkylation sites (tertiary alicyclic amines) is 1. The molecule has 0 saturated carbocycles. The van der Waals surface area contributed by atoms with Crippen LogP contribution in [0.1, 0.15) is 24.1 Å². The summed E-state index contributed by atoms with van der Waals surface area (Å²) in [5, 5.41) is 12.0. The second-order valence-electron chi connectivity index (χ2n) is 7.55. The Morgan fingerprint density at radius 2 is 1.78 bits per heavy atom. The first kappa shape index (κ1) is 24.4. The van der Waals surface area contributed by atoms with Gasteiger partial charge in [0, 0.05) is 18.7 Å². The number of carbonyl (C=O) groups excluding carboxylic acids is 2. The fourth-order valence-corrected chi connectivity index (χ4v) is 4.07. The number of ketones is 1. The van der Waals surface area contributed by atoms with Crippen LogP contribution in [0.2, 0.25) is 15.1 Å². The van der Waals surface area contributed by atoms with Crippen molar-refractivity contribution >= 4 is 52.3 Å². The van der Waals surface area contributed by atoms with Crippen molar-refractivity contribution in [1.29, 1.82) is 0 Å². The maximum atomic E-state index is 13.0. The SMILES string of the molecule is CCOc1ccc(/C(O)=C2/C(=O)C(=O)N(CCN(C)C)C2c2ccc(Cl)c(Cl)c2)cc1Cl. The summed E-state index contributed by atoms with van der Waals surface area (Å²) in [6, 6.07) is 8.76. The third kappa shape index (κ3) is 4.89. The third-order valence-electron chi connectivity index (χ3n) is 5.09. The molecule has 170 valence electrons. The lowest BCUT2D eigenvalue weighted by Gasteiger charge is -2.26. The Kier molecular flexibility index (Phi) is 7.72. The molecule has 1 heterocycles. The molecule has 1 aliphatic rings. The monoisotopic (exact) mass is 496 g/mol. The van der Waals surface area contributed by atoms with Gasteiger partial charge in [-0.05, 0) is 56.9 Å². The third-order valence-corrected chi connectivity index (χ3v) is 6.13. The van der Waals surface area contributed by atoms with Crippen molar-refractivity contribution < 1.29 is 19.4 Å². The number of amides is 1. The van der Waals surface area contributed by atoms with Crippen LogP contribution in [0.5, 0.6) is 5.75 Å². The number of halogens is 3. The highest BCUT2D eigenvalue weighted by atomic mass is 35.5. The van der Waals surface area contributed by atoms with Crippen LogP contribution in [-0.2, 0) is 9.59 Å². The topological polar surface area (TPSA) is 70.1 Å². The van der Waals surface area contributed by atoms with Gasteiger partial charge in [0.05, 0.1) is 33.3 Å². The molecule has 32 heavy (non-hydrogen) atoms. The second-order valence-corrected chi connectivity index (χ2v) is 8.77. The average molecular weight is 498 g/mol. The van der Waals surface area contributed by atoms with E-state index >= 15 is 0 Å². The zero-order chi connectivity index (χ0) is 23.6. The molecule has 0 aliphatic carbocycles. The van der Waals surface area contributed by atoms with Crippen molar-refractivity contribution in [1.82, 2.24) is 9.80 Å². The van der Waals surface area contributed by atoms with Crippen LogP contribution < -0.4 is 4.74 Å². The van der Waals surface area contributed by atoms with Gasteiger partial charge in [-0.1, -0.05) is 40.9 Å². The van der Waals surface area contributed by atoms with E-state index in [1.54, 1.807) is 30.3 Å². The largest absolute Gasteiger partial charge is 0.507 e. The van der Waals surface area contributed by atoms with E-state index in [9.17, 15) is 14.7 Å². The smallest absolute Gasteiger partial charge is 0.295 e. The molecule has 1 unspecified atom stereocenters. The van der Waals surface area contributed by atoms with Crippen LogP contribution in [0, 0.1) is 0 Å². The maximum absolute atomic E-state index is 13.0. The summed E-state index contributed by atoms with van der Waals surface area (Å²) in [7, 11) is 3.74. The number of hydrogen-bond donors (Lipinski definition) is 1. The number of rotatable bonds is 7. The zero-order valence-corrected chi connectivity index (χ0v) is 20.1. The summed E-state index contributed by atoms with van der Waals surface area (Å²) < 4.78 is 5.43. The Bertz CT molecular complexity index is 1080. The first-order valence-corrected chi connectivity index (χ1v) is 11.1.